The van der Waals surface area contributed by atoms with Crippen LogP contribution < -0.4 is 10.5 Å². The Labute approximate surface area is 233 Å². The van der Waals surface area contributed by atoms with Gasteiger partial charge in [-0.2, -0.15) is 10.4 Å². The first kappa shape index (κ1) is 27.6. The number of aromatic nitrogens is 4. The van der Waals surface area contributed by atoms with Crippen LogP contribution in [0.1, 0.15) is 26.7 Å². The Hall–Kier alpha value is -4.92. The Balaban J connectivity index is 1.49. The van der Waals surface area contributed by atoms with E-state index in [1.54, 1.807) is 15.7 Å². The molecule has 1 aliphatic rings. The van der Waals surface area contributed by atoms with Crippen molar-refractivity contribution in [2.45, 2.75) is 39.3 Å². The van der Waals surface area contributed by atoms with Crippen LogP contribution >= 0.6 is 0 Å². The maximum Gasteiger partial charge on any atom is 0.264 e. The molecule has 1 aliphatic heterocycles. The number of amides is 1. The summed E-state index contributed by atoms with van der Waals surface area (Å²) in [6.45, 7) is 4.50. The number of allylic oxidation sites excluding steroid dienone is 1. The topological polar surface area (TPSA) is 123 Å². The average molecular weight is 562 g/mol. The van der Waals surface area contributed by atoms with Gasteiger partial charge in [0.25, 0.3) is 5.91 Å². The van der Waals surface area contributed by atoms with E-state index >= 15 is 4.39 Å². The molecule has 5 rings (SSSR count). The molecule has 0 radical (unpaired) electrons. The first-order chi connectivity index (χ1) is 19.7. The minimum Gasteiger partial charge on any atom is -0.451 e. The van der Waals surface area contributed by atoms with E-state index in [-0.39, 0.29) is 52.8 Å². The number of anilines is 1. The average Bonchev–Trinajstić information content (AvgIpc) is 3.55. The maximum atomic E-state index is 15.4. The van der Waals surface area contributed by atoms with Gasteiger partial charge in [-0.15, -0.1) is 0 Å². The number of ether oxygens (including phenoxy) is 1. The number of hydrogen-bond donors (Lipinski definition) is 1. The molecule has 2 aromatic carbocycles. The monoisotopic (exact) mass is 561 g/mol. The number of fused-ring (bicyclic) bond motifs is 1. The Bertz CT molecular complexity index is 1690. The highest BCUT2D eigenvalue weighted by atomic mass is 19.1. The molecule has 3 heterocycles. The van der Waals surface area contributed by atoms with E-state index in [1.165, 1.54) is 24.5 Å². The van der Waals surface area contributed by atoms with E-state index in [9.17, 15) is 18.8 Å². The summed E-state index contributed by atoms with van der Waals surface area (Å²) in [6.07, 6.45) is 4.34. The zero-order valence-corrected chi connectivity index (χ0v) is 22.3. The Morgan fingerprint density at radius 1 is 1.20 bits per heavy atom. The SMILES string of the molecule is CC(C)/C=C(/C#N)C(=O)N1CCC[C@@H]1Cn1nc(-c2ccc(Oc3c(F)cccc3F)cc2F)c2c(N)ncnc21. The van der Waals surface area contributed by atoms with Gasteiger partial charge < -0.3 is 15.4 Å². The van der Waals surface area contributed by atoms with Gasteiger partial charge in [0, 0.05) is 18.2 Å². The van der Waals surface area contributed by atoms with Gasteiger partial charge >= 0.3 is 0 Å². The molecule has 9 nitrogen and oxygen atoms in total. The molecule has 0 bridgehead atoms. The normalized spacial score (nSPS) is 15.5. The molecule has 0 saturated carbocycles. The summed E-state index contributed by atoms with van der Waals surface area (Å²) < 4.78 is 50.3. The fourth-order valence-corrected chi connectivity index (χ4v) is 4.93. The second kappa shape index (κ2) is 11.3. The third kappa shape index (κ3) is 5.43. The lowest BCUT2D eigenvalue weighted by Gasteiger charge is -2.24. The summed E-state index contributed by atoms with van der Waals surface area (Å²) in [4.78, 5) is 23.2. The summed E-state index contributed by atoms with van der Waals surface area (Å²) in [5.74, 6) is -3.63. The minimum absolute atomic E-state index is 0.0318. The summed E-state index contributed by atoms with van der Waals surface area (Å²) >= 11 is 0. The van der Waals surface area contributed by atoms with Gasteiger partial charge in [-0.05, 0) is 43.0 Å². The fourth-order valence-electron chi connectivity index (χ4n) is 4.93. The van der Waals surface area contributed by atoms with Crippen molar-refractivity contribution in [3.8, 4) is 28.8 Å². The molecule has 2 aromatic heterocycles. The quantitative estimate of drug-likeness (QED) is 0.237. The number of likely N-dealkylation sites (tertiary alicyclic amines) is 1. The van der Waals surface area contributed by atoms with E-state index in [2.05, 4.69) is 15.1 Å². The van der Waals surface area contributed by atoms with Crippen molar-refractivity contribution in [2.75, 3.05) is 12.3 Å². The zero-order valence-electron chi connectivity index (χ0n) is 22.3. The van der Waals surface area contributed by atoms with Crippen LogP contribution in [0.3, 0.4) is 0 Å². The van der Waals surface area contributed by atoms with Gasteiger partial charge in [-0.1, -0.05) is 26.0 Å². The van der Waals surface area contributed by atoms with E-state index in [0.717, 1.165) is 24.6 Å². The van der Waals surface area contributed by atoms with Gasteiger partial charge in [0.2, 0.25) is 0 Å². The van der Waals surface area contributed by atoms with Crippen molar-refractivity contribution < 1.29 is 22.7 Å². The molecule has 0 spiro atoms. The molecule has 210 valence electrons. The predicted octanol–water partition coefficient (Wildman–Crippen LogP) is 5.38. The molecular weight excluding hydrogens is 535 g/mol. The molecule has 1 atom stereocenters. The third-order valence-electron chi connectivity index (χ3n) is 6.77. The lowest BCUT2D eigenvalue weighted by atomic mass is 10.1. The number of carbonyl (C=O) groups is 1. The van der Waals surface area contributed by atoms with Crippen LogP contribution in [0.2, 0.25) is 0 Å². The molecule has 1 amide bonds. The van der Waals surface area contributed by atoms with Gasteiger partial charge in [0.1, 0.15) is 41.0 Å². The molecule has 12 heteroatoms. The lowest BCUT2D eigenvalue weighted by molar-refractivity contribution is -0.127. The summed E-state index contributed by atoms with van der Waals surface area (Å²) in [7, 11) is 0. The Morgan fingerprint density at radius 3 is 2.63 bits per heavy atom. The molecule has 0 unspecified atom stereocenters. The number of nitrogens with zero attached hydrogens (tertiary/aromatic N) is 6. The second-order valence-corrected chi connectivity index (χ2v) is 10.0. The van der Waals surface area contributed by atoms with Crippen LogP contribution in [0.15, 0.2) is 54.4 Å². The molecule has 41 heavy (non-hydrogen) atoms. The van der Waals surface area contributed by atoms with E-state index in [0.29, 0.717) is 24.0 Å². The molecule has 1 saturated heterocycles. The highest BCUT2D eigenvalue weighted by molar-refractivity contribution is 5.99. The van der Waals surface area contributed by atoms with Crippen LogP contribution in [0, 0.1) is 34.7 Å². The van der Waals surface area contributed by atoms with Crippen LogP contribution in [0.25, 0.3) is 22.3 Å². The highest BCUT2D eigenvalue weighted by Crippen LogP contribution is 2.35. The number of halogens is 3. The number of rotatable bonds is 7. The number of para-hydroxylation sites is 1. The predicted molar refractivity (Wildman–Crippen MR) is 145 cm³/mol. The van der Waals surface area contributed by atoms with Crippen molar-refractivity contribution in [3.63, 3.8) is 0 Å². The summed E-state index contributed by atoms with van der Waals surface area (Å²) in [5, 5.41) is 14.5. The van der Waals surface area contributed by atoms with Crippen LogP contribution in [0.4, 0.5) is 19.0 Å². The van der Waals surface area contributed by atoms with Gasteiger partial charge in [-0.25, -0.2) is 27.8 Å². The fraction of sp³-hybridized carbons (Fsp3) is 0.276. The first-order valence-electron chi connectivity index (χ1n) is 13.0. The van der Waals surface area contributed by atoms with Gasteiger partial charge in [0.05, 0.1) is 18.0 Å². The van der Waals surface area contributed by atoms with Crippen molar-refractivity contribution in [3.05, 3.63) is 71.8 Å². The first-order valence-corrected chi connectivity index (χ1v) is 13.0. The minimum atomic E-state index is -0.926. The lowest BCUT2D eigenvalue weighted by Crippen LogP contribution is -2.39. The van der Waals surface area contributed by atoms with Crippen molar-refractivity contribution >= 4 is 22.8 Å². The number of nitrogen functional groups attached to an aromatic ring is 1. The number of benzene rings is 2. The van der Waals surface area contributed by atoms with Crippen molar-refractivity contribution in [1.82, 2.24) is 24.6 Å². The summed E-state index contributed by atoms with van der Waals surface area (Å²) in [5.41, 5.74) is 6.80. The van der Waals surface area contributed by atoms with Crippen molar-refractivity contribution in [1.29, 1.82) is 5.26 Å². The summed E-state index contributed by atoms with van der Waals surface area (Å²) in [6, 6.07) is 8.70. The van der Waals surface area contributed by atoms with Crippen LogP contribution in [-0.4, -0.2) is 43.1 Å². The molecule has 1 fully saturated rings. The highest BCUT2D eigenvalue weighted by Gasteiger charge is 2.32. The smallest absolute Gasteiger partial charge is 0.264 e. The van der Waals surface area contributed by atoms with E-state index < -0.39 is 23.2 Å². The maximum absolute atomic E-state index is 15.4. The Kier molecular flexibility index (Phi) is 7.61. The molecule has 4 aromatic rings. The zero-order chi connectivity index (χ0) is 29.3. The number of nitriles is 1. The third-order valence-corrected chi connectivity index (χ3v) is 6.77. The molecular formula is C29H26F3N7O2. The molecule has 2 N–H and O–H groups in total. The number of hydrogen-bond acceptors (Lipinski definition) is 7. The van der Waals surface area contributed by atoms with Gasteiger partial charge in [0.15, 0.2) is 23.0 Å². The van der Waals surface area contributed by atoms with Crippen LogP contribution in [-0.2, 0) is 11.3 Å². The second-order valence-electron chi connectivity index (χ2n) is 10.0. The van der Waals surface area contributed by atoms with Crippen LogP contribution in [0.5, 0.6) is 11.5 Å². The molecule has 0 aliphatic carbocycles. The van der Waals surface area contributed by atoms with Crippen molar-refractivity contribution in [2.24, 2.45) is 5.92 Å². The Morgan fingerprint density at radius 2 is 1.95 bits per heavy atom. The van der Waals surface area contributed by atoms with E-state index in [4.69, 9.17) is 10.5 Å². The number of nitrogens with two attached hydrogens (primary N) is 1. The van der Waals surface area contributed by atoms with E-state index in [1.807, 2.05) is 19.9 Å². The standard InChI is InChI=1S/C29H26F3N7O2/c1-16(2)11-17(13-33)29(40)38-10-4-5-18(38)14-39-28-24(27(34)35-15-36-28)25(37-39)20-9-8-19(12-23(20)32)41-26-21(30)6-3-7-22(26)31/h3,6-9,11-12,15-16,18H,4-5,10,14H2,1-2H3,(H2,34,35,36)/b17-11-/t18-/m1/s1. The van der Waals surface area contributed by atoms with Gasteiger partial charge in [-0.3, -0.25) is 4.79 Å². The number of carbonyl (C=O) groups excluding carboxylic acids is 1. The largest absolute Gasteiger partial charge is 0.451 e.